The molecule has 2 N–H and O–H groups in total. The minimum absolute atomic E-state index is 0.0180. The zero-order chi connectivity index (χ0) is 20.5. The molecular formula is C23H32N4O3. The summed E-state index contributed by atoms with van der Waals surface area (Å²) in [5.41, 5.74) is 1.04. The fraction of sp³-hybridized carbons (Fsp3) is 0.783. The molecule has 7 rings (SSSR count). The Bertz CT molecular complexity index is 848. The number of ether oxygens (including phenoxy) is 1. The molecule has 1 amide bonds. The lowest BCUT2D eigenvalue weighted by Crippen LogP contribution is -2.61. The van der Waals surface area contributed by atoms with Crippen LogP contribution in [0.5, 0.6) is 0 Å². The average Bonchev–Trinajstić information content (AvgIpc) is 3.48. The van der Waals surface area contributed by atoms with Crippen LogP contribution in [0.3, 0.4) is 0 Å². The monoisotopic (exact) mass is 412 g/mol. The molecule has 0 radical (unpaired) electrons. The highest BCUT2D eigenvalue weighted by atomic mass is 16.5. The lowest BCUT2D eigenvalue weighted by molar-refractivity contribution is -0.136. The predicted octanol–water partition coefficient (Wildman–Crippen LogP) is 2.03. The number of amides is 1. The largest absolute Gasteiger partial charge is 0.390 e. The molecule has 0 spiro atoms. The van der Waals surface area contributed by atoms with Crippen molar-refractivity contribution in [2.75, 3.05) is 31.2 Å². The van der Waals surface area contributed by atoms with Crippen molar-refractivity contribution >= 4 is 11.9 Å². The molecule has 7 heteroatoms. The summed E-state index contributed by atoms with van der Waals surface area (Å²) in [5, 5.41) is 14.2. The highest BCUT2D eigenvalue weighted by Crippen LogP contribution is 2.55. The van der Waals surface area contributed by atoms with Gasteiger partial charge in [0.15, 0.2) is 0 Å². The van der Waals surface area contributed by atoms with Gasteiger partial charge in [-0.25, -0.2) is 9.97 Å². The van der Waals surface area contributed by atoms with Gasteiger partial charge in [-0.3, -0.25) is 4.79 Å². The first-order valence-corrected chi connectivity index (χ1v) is 11.7. The number of hydrogen-bond acceptors (Lipinski definition) is 6. The van der Waals surface area contributed by atoms with E-state index in [4.69, 9.17) is 9.72 Å². The number of nitrogens with one attached hydrogen (secondary N) is 1. The van der Waals surface area contributed by atoms with Gasteiger partial charge in [0, 0.05) is 30.7 Å². The second kappa shape index (κ2) is 6.63. The summed E-state index contributed by atoms with van der Waals surface area (Å²) in [6.07, 6.45) is 8.79. The third kappa shape index (κ3) is 3.12. The molecule has 0 aromatic carbocycles. The molecule has 1 aliphatic heterocycles. The van der Waals surface area contributed by atoms with Crippen molar-refractivity contribution in [3.8, 4) is 0 Å². The molecule has 1 aromatic heterocycles. The Morgan fingerprint density at radius 3 is 2.53 bits per heavy atom. The van der Waals surface area contributed by atoms with E-state index in [0.717, 1.165) is 69.7 Å². The van der Waals surface area contributed by atoms with Gasteiger partial charge in [-0.2, -0.15) is 0 Å². The number of aliphatic hydroxyl groups is 1. The lowest BCUT2D eigenvalue weighted by atomic mass is 9.52. The Labute approximate surface area is 177 Å². The first kappa shape index (κ1) is 19.0. The van der Waals surface area contributed by atoms with E-state index in [1.807, 2.05) is 0 Å². The number of aromatic nitrogens is 2. The van der Waals surface area contributed by atoms with Gasteiger partial charge in [-0.05, 0) is 62.7 Å². The summed E-state index contributed by atoms with van der Waals surface area (Å²) in [4.78, 5) is 25.0. The van der Waals surface area contributed by atoms with Crippen molar-refractivity contribution in [2.45, 2.75) is 68.9 Å². The van der Waals surface area contributed by atoms with Crippen LogP contribution < -0.4 is 10.2 Å². The van der Waals surface area contributed by atoms with Gasteiger partial charge < -0.3 is 20.1 Å². The van der Waals surface area contributed by atoms with Crippen LogP contribution in [0, 0.1) is 17.8 Å². The molecule has 5 aliphatic carbocycles. The first-order valence-electron chi connectivity index (χ1n) is 11.7. The fourth-order valence-electron chi connectivity index (χ4n) is 6.78. The predicted molar refractivity (Wildman–Crippen MR) is 111 cm³/mol. The third-order valence-corrected chi connectivity index (χ3v) is 8.42. The second-order valence-electron chi connectivity index (χ2n) is 10.8. The normalized spacial score (nSPS) is 38.5. The maximum Gasteiger partial charge on any atom is 0.254 e. The summed E-state index contributed by atoms with van der Waals surface area (Å²) in [6.45, 7) is 5.16. The van der Waals surface area contributed by atoms with Crippen molar-refractivity contribution in [3.05, 3.63) is 17.5 Å². The van der Waals surface area contributed by atoms with Crippen LogP contribution in [0.2, 0.25) is 0 Å². The fourth-order valence-corrected chi connectivity index (χ4v) is 6.78. The van der Waals surface area contributed by atoms with Gasteiger partial charge in [0.05, 0.1) is 30.1 Å². The molecule has 6 fully saturated rings. The standard InChI is InChI=1S/C23H32N4O3/c1-22(2-3-22)19-17(13-24-21(26-19)27-4-6-30-7-5-27)20(28)25-18-15-8-14-9-16(18)12-23(29,10-14)11-15/h13-16,18,29H,2-12H2,1H3,(H,25,28). The molecule has 1 aromatic rings. The maximum atomic E-state index is 13.4. The Kier molecular flexibility index (Phi) is 4.20. The molecule has 6 aliphatic rings. The van der Waals surface area contributed by atoms with E-state index >= 15 is 0 Å². The first-order chi connectivity index (χ1) is 14.4. The zero-order valence-corrected chi connectivity index (χ0v) is 17.8. The summed E-state index contributed by atoms with van der Waals surface area (Å²) >= 11 is 0. The number of carbonyl (C=O) groups excluding carboxylic acids is 1. The van der Waals surface area contributed by atoms with Crippen molar-refractivity contribution < 1.29 is 14.6 Å². The number of rotatable bonds is 4. The van der Waals surface area contributed by atoms with E-state index < -0.39 is 5.60 Å². The Balaban J connectivity index is 1.25. The molecule has 7 nitrogen and oxygen atoms in total. The number of carbonyl (C=O) groups is 1. The third-order valence-electron chi connectivity index (χ3n) is 8.42. The van der Waals surface area contributed by atoms with Gasteiger partial charge in [-0.1, -0.05) is 6.92 Å². The minimum atomic E-state index is -0.479. The van der Waals surface area contributed by atoms with E-state index in [1.165, 1.54) is 0 Å². The summed E-state index contributed by atoms with van der Waals surface area (Å²) in [6, 6.07) is 0.174. The van der Waals surface area contributed by atoms with Crippen LogP contribution in [-0.2, 0) is 10.2 Å². The molecule has 30 heavy (non-hydrogen) atoms. The van der Waals surface area contributed by atoms with Gasteiger partial charge >= 0.3 is 0 Å². The van der Waals surface area contributed by atoms with E-state index in [-0.39, 0.29) is 17.4 Å². The van der Waals surface area contributed by atoms with E-state index in [9.17, 15) is 9.90 Å². The molecule has 4 bridgehead atoms. The minimum Gasteiger partial charge on any atom is -0.390 e. The molecule has 2 unspecified atom stereocenters. The Morgan fingerprint density at radius 2 is 1.90 bits per heavy atom. The number of anilines is 1. The maximum absolute atomic E-state index is 13.4. The highest BCUT2D eigenvalue weighted by Gasteiger charge is 2.55. The Morgan fingerprint density at radius 1 is 1.20 bits per heavy atom. The van der Waals surface area contributed by atoms with E-state index in [1.54, 1.807) is 6.20 Å². The van der Waals surface area contributed by atoms with E-state index in [2.05, 4.69) is 22.1 Å². The highest BCUT2D eigenvalue weighted by molar-refractivity contribution is 5.96. The second-order valence-corrected chi connectivity index (χ2v) is 10.8. The quantitative estimate of drug-likeness (QED) is 0.787. The summed E-state index contributed by atoms with van der Waals surface area (Å²) < 4.78 is 5.45. The van der Waals surface area contributed by atoms with Gasteiger partial charge in [0.25, 0.3) is 5.91 Å². The lowest BCUT2D eigenvalue weighted by Gasteiger charge is -2.58. The van der Waals surface area contributed by atoms with Gasteiger partial charge in [0.1, 0.15) is 0 Å². The van der Waals surface area contributed by atoms with E-state index in [0.29, 0.717) is 36.5 Å². The van der Waals surface area contributed by atoms with Crippen molar-refractivity contribution in [2.24, 2.45) is 17.8 Å². The van der Waals surface area contributed by atoms with Gasteiger partial charge in [0.2, 0.25) is 5.95 Å². The van der Waals surface area contributed by atoms with Crippen molar-refractivity contribution in [1.29, 1.82) is 0 Å². The zero-order valence-electron chi connectivity index (χ0n) is 17.8. The smallest absolute Gasteiger partial charge is 0.254 e. The summed E-state index contributed by atoms with van der Waals surface area (Å²) in [7, 11) is 0. The molecular weight excluding hydrogens is 380 g/mol. The van der Waals surface area contributed by atoms with Crippen LogP contribution in [0.15, 0.2) is 6.20 Å². The number of hydrogen-bond donors (Lipinski definition) is 2. The summed E-state index contributed by atoms with van der Waals surface area (Å²) in [5.74, 6) is 2.13. The van der Waals surface area contributed by atoms with Crippen LogP contribution in [0.1, 0.15) is 67.9 Å². The SMILES string of the molecule is CC1(c2nc(N3CCOCC3)ncc2C(=O)NC2C3CC4CC2CC(O)(C4)C3)CC1. The molecule has 1 saturated heterocycles. The van der Waals surface area contributed by atoms with Crippen LogP contribution in [0.25, 0.3) is 0 Å². The molecule has 2 atom stereocenters. The molecule has 162 valence electrons. The topological polar surface area (TPSA) is 87.6 Å². The van der Waals surface area contributed by atoms with Crippen molar-refractivity contribution in [1.82, 2.24) is 15.3 Å². The van der Waals surface area contributed by atoms with Crippen molar-refractivity contribution in [3.63, 3.8) is 0 Å². The number of nitrogens with zero attached hydrogens (tertiary/aromatic N) is 3. The molecule has 5 saturated carbocycles. The average molecular weight is 413 g/mol. The van der Waals surface area contributed by atoms with Crippen LogP contribution in [-0.4, -0.2) is 58.9 Å². The van der Waals surface area contributed by atoms with Crippen LogP contribution in [0.4, 0.5) is 5.95 Å². The Hall–Kier alpha value is -1.73. The molecule has 2 heterocycles. The van der Waals surface area contributed by atoms with Crippen LogP contribution >= 0.6 is 0 Å². The number of morpholine rings is 1. The van der Waals surface area contributed by atoms with Gasteiger partial charge in [-0.15, -0.1) is 0 Å².